The number of nitrogens with one attached hydrogen (secondary N) is 1. The molecular formula is C15H27NO4. The Morgan fingerprint density at radius 3 is 2.15 bits per heavy atom. The summed E-state index contributed by atoms with van der Waals surface area (Å²) in [5.74, 6) is -1.13. The minimum atomic E-state index is -0.926. The lowest BCUT2D eigenvalue weighted by atomic mass is 9.77. The molecule has 116 valence electrons. The number of aliphatic carboxylic acids is 1. The SMILES string of the molecule is CCC(C)(CO)NC(=O)CC1(C(=O)O)CCCCCC1. The van der Waals surface area contributed by atoms with Gasteiger partial charge in [0.1, 0.15) is 0 Å². The molecule has 0 aromatic rings. The third kappa shape index (κ3) is 4.20. The molecule has 1 amide bonds. The zero-order chi connectivity index (χ0) is 15.2. The Balaban J connectivity index is 2.75. The molecule has 5 heteroatoms. The van der Waals surface area contributed by atoms with E-state index in [-0.39, 0.29) is 18.9 Å². The lowest BCUT2D eigenvalue weighted by Crippen LogP contribution is -2.50. The van der Waals surface area contributed by atoms with Crippen LogP contribution in [0.5, 0.6) is 0 Å². The molecule has 0 heterocycles. The highest BCUT2D eigenvalue weighted by atomic mass is 16.4. The zero-order valence-corrected chi connectivity index (χ0v) is 12.6. The number of aliphatic hydroxyl groups excluding tert-OH is 1. The first-order valence-electron chi connectivity index (χ1n) is 7.53. The van der Waals surface area contributed by atoms with Gasteiger partial charge in [0.15, 0.2) is 0 Å². The van der Waals surface area contributed by atoms with E-state index in [9.17, 15) is 19.8 Å². The van der Waals surface area contributed by atoms with Crippen molar-refractivity contribution in [3.63, 3.8) is 0 Å². The topological polar surface area (TPSA) is 86.6 Å². The molecule has 1 aliphatic rings. The van der Waals surface area contributed by atoms with E-state index < -0.39 is 16.9 Å². The van der Waals surface area contributed by atoms with Gasteiger partial charge < -0.3 is 15.5 Å². The molecule has 0 saturated heterocycles. The van der Waals surface area contributed by atoms with E-state index in [0.717, 1.165) is 25.7 Å². The summed E-state index contributed by atoms with van der Waals surface area (Å²) in [6.45, 7) is 3.51. The Labute approximate surface area is 120 Å². The predicted octanol–water partition coefficient (Wildman–Crippen LogP) is 2.08. The minimum Gasteiger partial charge on any atom is -0.481 e. The minimum absolute atomic E-state index is 0.0118. The fourth-order valence-electron chi connectivity index (χ4n) is 2.80. The highest BCUT2D eigenvalue weighted by molar-refractivity contribution is 5.85. The van der Waals surface area contributed by atoms with Crippen LogP contribution in [0.2, 0.25) is 0 Å². The first kappa shape index (κ1) is 17.0. The summed E-state index contributed by atoms with van der Waals surface area (Å²) in [6.07, 6.45) is 5.57. The number of carboxylic acid groups (broad SMARTS) is 1. The quantitative estimate of drug-likeness (QED) is 0.652. The number of amides is 1. The molecule has 0 aromatic carbocycles. The smallest absolute Gasteiger partial charge is 0.310 e. The van der Waals surface area contributed by atoms with E-state index in [1.165, 1.54) is 0 Å². The fraction of sp³-hybridized carbons (Fsp3) is 0.867. The number of hydrogen-bond acceptors (Lipinski definition) is 3. The van der Waals surface area contributed by atoms with Gasteiger partial charge in [-0.1, -0.05) is 32.6 Å². The zero-order valence-electron chi connectivity index (χ0n) is 12.6. The van der Waals surface area contributed by atoms with Crippen LogP contribution < -0.4 is 5.32 Å². The van der Waals surface area contributed by atoms with Gasteiger partial charge >= 0.3 is 5.97 Å². The maximum absolute atomic E-state index is 12.2. The van der Waals surface area contributed by atoms with Crippen LogP contribution in [0.15, 0.2) is 0 Å². The molecule has 0 aromatic heterocycles. The van der Waals surface area contributed by atoms with Crippen molar-refractivity contribution in [2.24, 2.45) is 5.41 Å². The summed E-state index contributed by atoms with van der Waals surface area (Å²) in [5.41, 5.74) is -1.59. The van der Waals surface area contributed by atoms with Crippen molar-refractivity contribution in [2.45, 2.75) is 70.8 Å². The molecule has 1 atom stereocenters. The maximum atomic E-state index is 12.2. The number of carbonyl (C=O) groups excluding carboxylic acids is 1. The second-order valence-electron chi connectivity index (χ2n) is 6.30. The van der Waals surface area contributed by atoms with Crippen LogP contribution >= 0.6 is 0 Å². The largest absolute Gasteiger partial charge is 0.481 e. The molecule has 1 rings (SSSR count). The summed E-state index contributed by atoms with van der Waals surface area (Å²) in [6, 6.07) is 0. The van der Waals surface area contributed by atoms with E-state index in [4.69, 9.17) is 0 Å². The van der Waals surface area contributed by atoms with Crippen molar-refractivity contribution in [2.75, 3.05) is 6.61 Å². The Kier molecular flexibility index (Phi) is 5.99. The van der Waals surface area contributed by atoms with Gasteiger partial charge in [0.05, 0.1) is 17.6 Å². The van der Waals surface area contributed by atoms with Crippen molar-refractivity contribution in [1.82, 2.24) is 5.32 Å². The summed E-state index contributed by atoms with van der Waals surface area (Å²) in [4.78, 5) is 23.8. The van der Waals surface area contributed by atoms with Gasteiger partial charge in [-0.15, -0.1) is 0 Å². The third-order valence-electron chi connectivity index (χ3n) is 4.58. The summed E-state index contributed by atoms with van der Waals surface area (Å²) < 4.78 is 0. The van der Waals surface area contributed by atoms with Gasteiger partial charge in [-0.2, -0.15) is 0 Å². The number of carbonyl (C=O) groups is 2. The van der Waals surface area contributed by atoms with E-state index in [2.05, 4.69) is 5.32 Å². The molecule has 3 N–H and O–H groups in total. The van der Waals surface area contributed by atoms with E-state index in [0.29, 0.717) is 19.3 Å². The Morgan fingerprint density at radius 2 is 1.75 bits per heavy atom. The van der Waals surface area contributed by atoms with E-state index >= 15 is 0 Å². The average molecular weight is 285 g/mol. The number of rotatable bonds is 6. The van der Waals surface area contributed by atoms with Gasteiger partial charge in [0, 0.05) is 6.42 Å². The Hall–Kier alpha value is -1.10. The highest BCUT2D eigenvalue weighted by Gasteiger charge is 2.41. The van der Waals surface area contributed by atoms with Gasteiger partial charge in [-0.05, 0) is 26.2 Å². The highest BCUT2D eigenvalue weighted by Crippen LogP contribution is 2.38. The van der Waals surface area contributed by atoms with E-state index in [1.807, 2.05) is 6.92 Å². The molecule has 1 saturated carbocycles. The molecule has 0 bridgehead atoms. The molecule has 1 fully saturated rings. The van der Waals surface area contributed by atoms with Crippen molar-refractivity contribution in [1.29, 1.82) is 0 Å². The average Bonchev–Trinajstić information content (AvgIpc) is 2.65. The molecule has 1 aliphatic carbocycles. The lowest BCUT2D eigenvalue weighted by Gasteiger charge is -2.31. The second kappa shape index (κ2) is 7.07. The van der Waals surface area contributed by atoms with Crippen LogP contribution in [0.1, 0.15) is 65.2 Å². The van der Waals surface area contributed by atoms with Crippen molar-refractivity contribution < 1.29 is 19.8 Å². The van der Waals surface area contributed by atoms with Crippen molar-refractivity contribution in [3.8, 4) is 0 Å². The van der Waals surface area contributed by atoms with Crippen LogP contribution in [0.4, 0.5) is 0 Å². The predicted molar refractivity (Wildman–Crippen MR) is 76.3 cm³/mol. The van der Waals surface area contributed by atoms with Crippen molar-refractivity contribution >= 4 is 11.9 Å². The molecule has 1 unspecified atom stereocenters. The van der Waals surface area contributed by atoms with Gasteiger partial charge in [-0.3, -0.25) is 9.59 Å². The maximum Gasteiger partial charge on any atom is 0.310 e. The molecule has 5 nitrogen and oxygen atoms in total. The van der Waals surface area contributed by atoms with Gasteiger partial charge in [-0.25, -0.2) is 0 Å². The number of aliphatic hydroxyl groups is 1. The molecule has 0 radical (unpaired) electrons. The standard InChI is InChI=1S/C15H27NO4/c1-3-14(2,11-17)16-12(18)10-15(13(19)20)8-6-4-5-7-9-15/h17H,3-11H2,1-2H3,(H,16,18)(H,19,20). The first-order valence-corrected chi connectivity index (χ1v) is 7.53. The Bertz CT molecular complexity index is 342. The number of hydrogen-bond donors (Lipinski definition) is 3. The monoisotopic (exact) mass is 285 g/mol. The number of carboxylic acids is 1. The normalized spacial score (nSPS) is 21.6. The first-order chi connectivity index (χ1) is 9.37. The second-order valence-corrected chi connectivity index (χ2v) is 6.30. The lowest BCUT2D eigenvalue weighted by molar-refractivity contribution is -0.153. The molecule has 20 heavy (non-hydrogen) atoms. The summed E-state index contributed by atoms with van der Waals surface area (Å²) >= 11 is 0. The van der Waals surface area contributed by atoms with Crippen molar-refractivity contribution in [3.05, 3.63) is 0 Å². The molecule has 0 spiro atoms. The molecular weight excluding hydrogens is 258 g/mol. The van der Waals surface area contributed by atoms with Crippen LogP contribution in [-0.4, -0.2) is 34.2 Å². The summed E-state index contributed by atoms with van der Waals surface area (Å²) in [7, 11) is 0. The van der Waals surface area contributed by atoms with E-state index in [1.54, 1.807) is 6.92 Å². The summed E-state index contributed by atoms with van der Waals surface area (Å²) in [5, 5.41) is 21.7. The third-order valence-corrected chi connectivity index (χ3v) is 4.58. The fourth-order valence-corrected chi connectivity index (χ4v) is 2.80. The molecule has 0 aliphatic heterocycles. The van der Waals surface area contributed by atoms with Crippen LogP contribution in [-0.2, 0) is 9.59 Å². The van der Waals surface area contributed by atoms with Crippen LogP contribution in [0, 0.1) is 5.41 Å². The van der Waals surface area contributed by atoms with Gasteiger partial charge in [0.2, 0.25) is 5.91 Å². The van der Waals surface area contributed by atoms with Gasteiger partial charge in [0.25, 0.3) is 0 Å². The van der Waals surface area contributed by atoms with Crippen LogP contribution in [0.25, 0.3) is 0 Å². The Morgan fingerprint density at radius 1 is 1.20 bits per heavy atom. The van der Waals surface area contributed by atoms with Crippen LogP contribution in [0.3, 0.4) is 0 Å².